The number of nitrogens with zero attached hydrogens (tertiary/aromatic N) is 1. The van der Waals surface area contributed by atoms with Gasteiger partial charge in [-0.3, -0.25) is 14.6 Å². The molecule has 0 aromatic heterocycles. The summed E-state index contributed by atoms with van der Waals surface area (Å²) in [6.07, 6.45) is 15.3. The molecule has 1 unspecified atom stereocenters. The van der Waals surface area contributed by atoms with Crippen LogP contribution in [0.1, 0.15) is 96.8 Å². The van der Waals surface area contributed by atoms with Gasteiger partial charge < -0.3 is 27.4 Å². The normalized spacial score (nSPS) is 11.2. The highest BCUT2D eigenvalue weighted by Crippen LogP contribution is 2.11. The lowest BCUT2D eigenvalue weighted by molar-refractivity contribution is -0.139. The Morgan fingerprint density at radius 1 is 0.821 bits per heavy atom. The van der Waals surface area contributed by atoms with Crippen LogP contribution in [0.5, 0.6) is 0 Å². The maximum Gasteiger partial charge on any atom is 0.320 e. The van der Waals surface area contributed by atoms with Gasteiger partial charge in [-0.25, -0.2) is 0 Å². The number of hydrogen-bond donors (Lipinski definition) is 5. The van der Waals surface area contributed by atoms with Gasteiger partial charge in [0, 0.05) is 13.0 Å². The molecule has 0 fully saturated rings. The monoisotopic (exact) mass is 402 g/mol. The summed E-state index contributed by atoms with van der Waals surface area (Å²) < 4.78 is 0. The van der Waals surface area contributed by atoms with Crippen molar-refractivity contribution in [3.8, 4) is 0 Å². The van der Waals surface area contributed by atoms with Gasteiger partial charge in [0.1, 0.15) is 6.04 Å². The molecule has 0 aliphatic carbocycles. The lowest BCUT2D eigenvalue weighted by atomic mass is 10.1. The van der Waals surface area contributed by atoms with E-state index in [0.717, 1.165) is 12.8 Å². The van der Waals surface area contributed by atoms with Crippen molar-refractivity contribution in [3.05, 3.63) is 0 Å². The van der Waals surface area contributed by atoms with E-state index in [2.05, 4.69) is 11.9 Å². The van der Waals surface area contributed by atoms with Gasteiger partial charge in [0.25, 0.3) is 0 Å². The zero-order chi connectivity index (χ0) is 21.6. The van der Waals surface area contributed by atoms with Crippen LogP contribution in [0, 0.1) is 0 Å². The smallest absolute Gasteiger partial charge is 0.320 e. The number of nitrogens with two attached hydrogens (primary N) is 3. The SMILES string of the molecule is CCCCCCCCCCCCCC(=O)O.NC(N)=NCCCC(N)C(=O)O. The maximum atomic E-state index is 10.3. The molecule has 0 radical (unpaired) electrons. The summed E-state index contributed by atoms with van der Waals surface area (Å²) in [6.45, 7) is 2.67. The van der Waals surface area contributed by atoms with Crippen molar-refractivity contribution in [2.45, 2.75) is 103 Å². The number of aliphatic carboxylic acids is 2. The lowest BCUT2D eigenvalue weighted by Crippen LogP contribution is -2.30. The molecule has 28 heavy (non-hydrogen) atoms. The van der Waals surface area contributed by atoms with Gasteiger partial charge in [-0.2, -0.15) is 0 Å². The highest BCUT2D eigenvalue weighted by Gasteiger charge is 2.09. The molecular weight excluding hydrogens is 360 g/mol. The van der Waals surface area contributed by atoms with E-state index in [9.17, 15) is 9.59 Å². The van der Waals surface area contributed by atoms with Gasteiger partial charge in [0.15, 0.2) is 5.96 Å². The minimum Gasteiger partial charge on any atom is -0.481 e. The van der Waals surface area contributed by atoms with E-state index < -0.39 is 18.0 Å². The van der Waals surface area contributed by atoms with Crippen molar-refractivity contribution in [3.63, 3.8) is 0 Å². The number of hydrogen-bond acceptors (Lipinski definition) is 4. The molecule has 1 atom stereocenters. The van der Waals surface area contributed by atoms with Crippen LogP contribution in [0.4, 0.5) is 0 Å². The molecule has 0 spiro atoms. The Kier molecular flexibility index (Phi) is 21.8. The number of aliphatic imine (C=N–C) groups is 1. The topological polar surface area (TPSA) is 165 Å². The Balaban J connectivity index is 0. The molecule has 166 valence electrons. The third kappa shape index (κ3) is 26.4. The van der Waals surface area contributed by atoms with E-state index in [1.165, 1.54) is 57.8 Å². The van der Waals surface area contributed by atoms with Gasteiger partial charge in [-0.05, 0) is 19.3 Å². The minimum absolute atomic E-state index is 0.0129. The molecule has 0 heterocycles. The first-order valence-electron chi connectivity index (χ1n) is 10.6. The molecule has 8 heteroatoms. The second-order valence-electron chi connectivity index (χ2n) is 7.07. The van der Waals surface area contributed by atoms with Crippen LogP contribution in [0.15, 0.2) is 4.99 Å². The van der Waals surface area contributed by atoms with E-state index in [1.54, 1.807) is 0 Å². The van der Waals surface area contributed by atoms with Crippen molar-refractivity contribution in [1.29, 1.82) is 0 Å². The Hall–Kier alpha value is -1.83. The number of rotatable bonds is 17. The fourth-order valence-corrected chi connectivity index (χ4v) is 2.58. The summed E-state index contributed by atoms with van der Waals surface area (Å²) in [5, 5.41) is 16.8. The number of carboxylic acids is 2. The average Bonchev–Trinajstić information content (AvgIpc) is 2.63. The molecule has 0 saturated heterocycles. The maximum absolute atomic E-state index is 10.3. The second kappa shape index (κ2) is 21.5. The average molecular weight is 403 g/mol. The van der Waals surface area contributed by atoms with Gasteiger partial charge in [-0.1, -0.05) is 71.1 Å². The molecule has 8 N–H and O–H groups in total. The van der Waals surface area contributed by atoms with Gasteiger partial charge in [0.05, 0.1) is 0 Å². The Morgan fingerprint density at radius 3 is 1.68 bits per heavy atom. The zero-order valence-corrected chi connectivity index (χ0v) is 17.6. The first-order chi connectivity index (χ1) is 13.3. The number of carbonyl (C=O) groups is 2. The Labute approximate surface area is 170 Å². The molecule has 0 aliphatic heterocycles. The van der Waals surface area contributed by atoms with Crippen LogP contribution < -0.4 is 17.2 Å². The van der Waals surface area contributed by atoms with Crippen molar-refractivity contribution in [1.82, 2.24) is 0 Å². The third-order valence-electron chi connectivity index (χ3n) is 4.28. The Morgan fingerprint density at radius 2 is 1.29 bits per heavy atom. The second-order valence-corrected chi connectivity index (χ2v) is 7.07. The van der Waals surface area contributed by atoms with E-state index >= 15 is 0 Å². The number of guanidine groups is 1. The highest BCUT2D eigenvalue weighted by molar-refractivity contribution is 5.75. The largest absolute Gasteiger partial charge is 0.481 e. The van der Waals surface area contributed by atoms with Crippen LogP contribution >= 0.6 is 0 Å². The first-order valence-corrected chi connectivity index (χ1v) is 10.6. The molecule has 0 aromatic rings. The highest BCUT2D eigenvalue weighted by atomic mass is 16.4. The first kappa shape index (κ1) is 28.4. The minimum atomic E-state index is -1.00. The molecule has 0 aliphatic rings. The molecule has 0 aromatic carbocycles. The van der Waals surface area contributed by atoms with E-state index in [-0.39, 0.29) is 5.96 Å². The summed E-state index contributed by atoms with van der Waals surface area (Å²) in [4.78, 5) is 24.2. The van der Waals surface area contributed by atoms with Crippen molar-refractivity contribution in [2.24, 2.45) is 22.2 Å². The predicted octanol–water partition coefficient (Wildman–Crippen LogP) is 3.22. The lowest BCUT2D eigenvalue weighted by Gasteiger charge is -2.03. The molecule has 0 rings (SSSR count). The summed E-state index contributed by atoms with van der Waals surface area (Å²) in [6, 6.07) is -0.820. The van der Waals surface area contributed by atoms with Crippen molar-refractivity contribution in [2.75, 3.05) is 6.54 Å². The van der Waals surface area contributed by atoms with E-state index in [0.29, 0.717) is 25.8 Å². The molecular formula is C20H42N4O4. The predicted molar refractivity (Wildman–Crippen MR) is 114 cm³/mol. The van der Waals surface area contributed by atoms with Crippen LogP contribution in [0.2, 0.25) is 0 Å². The summed E-state index contributed by atoms with van der Waals surface area (Å²) in [5.41, 5.74) is 15.3. The number of unbranched alkanes of at least 4 members (excludes halogenated alkanes) is 10. The summed E-state index contributed by atoms with van der Waals surface area (Å²) in [7, 11) is 0. The standard InChI is InChI=1S/C14H28O2.C6H14N4O2/c1-2-3-4-5-6-7-8-9-10-11-12-13-14(15)16;7-4(5(11)12)2-1-3-10-6(8)9/h2-13H2,1H3,(H,15,16);4H,1-3,7H2,(H,11,12)(H4,8,9,10). The van der Waals surface area contributed by atoms with Gasteiger partial charge in [-0.15, -0.1) is 0 Å². The molecule has 8 nitrogen and oxygen atoms in total. The third-order valence-corrected chi connectivity index (χ3v) is 4.28. The number of carboxylic acid groups (broad SMARTS) is 2. The fraction of sp³-hybridized carbons (Fsp3) is 0.850. The van der Waals surface area contributed by atoms with Crippen LogP contribution in [0.25, 0.3) is 0 Å². The van der Waals surface area contributed by atoms with Crippen molar-refractivity contribution >= 4 is 17.9 Å². The zero-order valence-electron chi connectivity index (χ0n) is 17.6. The van der Waals surface area contributed by atoms with Crippen LogP contribution in [0.3, 0.4) is 0 Å². The van der Waals surface area contributed by atoms with E-state index in [4.69, 9.17) is 27.4 Å². The summed E-state index contributed by atoms with van der Waals surface area (Å²) >= 11 is 0. The Bertz CT molecular complexity index is 413. The van der Waals surface area contributed by atoms with Gasteiger partial charge in [0.2, 0.25) is 0 Å². The van der Waals surface area contributed by atoms with E-state index in [1.807, 2.05) is 0 Å². The van der Waals surface area contributed by atoms with Gasteiger partial charge >= 0.3 is 11.9 Å². The fourth-order valence-electron chi connectivity index (χ4n) is 2.58. The van der Waals surface area contributed by atoms with Crippen LogP contribution in [-0.2, 0) is 9.59 Å². The molecule has 0 bridgehead atoms. The van der Waals surface area contributed by atoms with Crippen LogP contribution in [-0.4, -0.2) is 40.7 Å². The quantitative estimate of drug-likeness (QED) is 0.141. The molecule has 0 saturated carbocycles. The molecule has 0 amide bonds. The van der Waals surface area contributed by atoms with Crippen molar-refractivity contribution < 1.29 is 19.8 Å². The summed E-state index contributed by atoms with van der Waals surface area (Å²) in [5.74, 6) is -1.64.